The molecule has 2 N–H and O–H groups in total. The number of carbonyl (C=O) groups is 2. The summed E-state index contributed by atoms with van der Waals surface area (Å²) in [4.78, 5) is 25.7. The van der Waals surface area contributed by atoms with Gasteiger partial charge in [-0.1, -0.05) is 41.9 Å². The Labute approximate surface area is 175 Å². The van der Waals surface area contributed by atoms with Crippen molar-refractivity contribution in [3.8, 4) is 5.69 Å². The van der Waals surface area contributed by atoms with E-state index in [-0.39, 0.29) is 0 Å². The molecule has 0 aliphatic heterocycles. The van der Waals surface area contributed by atoms with Crippen molar-refractivity contribution in [1.82, 2.24) is 9.78 Å². The van der Waals surface area contributed by atoms with Crippen LogP contribution in [0.4, 0.5) is 0 Å². The molecule has 0 bridgehead atoms. The number of halogens is 1. The lowest BCUT2D eigenvalue weighted by atomic mass is 10.1. The Balaban J connectivity index is 1.67. The van der Waals surface area contributed by atoms with E-state index in [0.717, 1.165) is 21.6 Å². The average Bonchev–Trinajstić information content (AvgIpc) is 3.28. The first kappa shape index (κ1) is 19.2. The van der Waals surface area contributed by atoms with Gasteiger partial charge in [0.2, 0.25) is 6.10 Å². The molecule has 0 spiro atoms. The van der Waals surface area contributed by atoms with Crippen LogP contribution in [0.1, 0.15) is 27.0 Å². The smallest absolute Gasteiger partial charge is 0.349 e. The van der Waals surface area contributed by atoms with Crippen molar-refractivity contribution in [2.75, 3.05) is 0 Å². The number of carbonyl (C=O) groups excluding carboxylic acids is 2. The molecule has 6 nitrogen and oxygen atoms in total. The van der Waals surface area contributed by atoms with E-state index < -0.39 is 18.0 Å². The lowest BCUT2D eigenvalue weighted by molar-refractivity contribution is -0.127. The molecule has 0 fully saturated rings. The zero-order valence-electron chi connectivity index (χ0n) is 15.3. The number of aromatic nitrogens is 2. The highest BCUT2D eigenvalue weighted by Gasteiger charge is 2.25. The van der Waals surface area contributed by atoms with Crippen molar-refractivity contribution in [2.24, 2.45) is 5.73 Å². The topological polar surface area (TPSA) is 87.2 Å². The zero-order valence-corrected chi connectivity index (χ0v) is 16.9. The third-order valence-electron chi connectivity index (χ3n) is 4.40. The fraction of sp³-hybridized carbons (Fsp3) is 0.0952. The fourth-order valence-electron chi connectivity index (χ4n) is 2.99. The lowest BCUT2D eigenvalue weighted by Crippen LogP contribution is -2.26. The maximum atomic E-state index is 12.7. The maximum absolute atomic E-state index is 12.7. The van der Waals surface area contributed by atoms with E-state index in [1.54, 1.807) is 53.2 Å². The van der Waals surface area contributed by atoms with E-state index in [0.29, 0.717) is 15.5 Å². The number of benzene rings is 2. The highest BCUT2D eigenvalue weighted by Crippen LogP contribution is 2.32. The van der Waals surface area contributed by atoms with E-state index in [2.05, 4.69) is 5.10 Å². The molecule has 1 unspecified atom stereocenters. The Kier molecular flexibility index (Phi) is 5.08. The van der Waals surface area contributed by atoms with Crippen molar-refractivity contribution < 1.29 is 14.3 Å². The summed E-state index contributed by atoms with van der Waals surface area (Å²) in [5.41, 5.74) is 7.58. The van der Waals surface area contributed by atoms with Crippen molar-refractivity contribution in [1.29, 1.82) is 0 Å². The van der Waals surface area contributed by atoms with Crippen LogP contribution in [0.25, 0.3) is 15.9 Å². The summed E-state index contributed by atoms with van der Waals surface area (Å²) in [6, 6.07) is 17.7. The Morgan fingerprint density at radius 1 is 1.14 bits per heavy atom. The third kappa shape index (κ3) is 3.74. The van der Waals surface area contributed by atoms with Crippen LogP contribution in [-0.2, 0) is 9.53 Å². The molecule has 4 rings (SSSR count). The highest BCUT2D eigenvalue weighted by molar-refractivity contribution is 7.20. The number of rotatable bonds is 5. The normalized spacial score (nSPS) is 12.1. The number of fused-ring (bicyclic) bond motifs is 1. The SMILES string of the molecule is Cc1nn(-c2ccc(Cl)cc2)c2sc(C(=O)OC(C(N)=O)c3ccccc3)cc12. The summed E-state index contributed by atoms with van der Waals surface area (Å²) in [6.45, 7) is 1.87. The number of primary amides is 1. The Hall–Kier alpha value is -3.16. The average molecular weight is 426 g/mol. The van der Waals surface area contributed by atoms with Crippen molar-refractivity contribution in [3.05, 3.63) is 81.8 Å². The summed E-state index contributed by atoms with van der Waals surface area (Å²) >= 11 is 7.21. The van der Waals surface area contributed by atoms with Gasteiger partial charge < -0.3 is 10.5 Å². The Morgan fingerprint density at radius 3 is 2.48 bits per heavy atom. The second-order valence-corrected chi connectivity index (χ2v) is 7.87. The van der Waals surface area contributed by atoms with Crippen molar-refractivity contribution in [2.45, 2.75) is 13.0 Å². The van der Waals surface area contributed by atoms with Gasteiger partial charge in [-0.2, -0.15) is 5.10 Å². The fourth-order valence-corrected chi connectivity index (χ4v) is 4.18. The monoisotopic (exact) mass is 425 g/mol. The molecule has 1 atom stereocenters. The van der Waals surface area contributed by atoms with Crippen LogP contribution < -0.4 is 5.73 Å². The van der Waals surface area contributed by atoms with Gasteiger partial charge in [0.15, 0.2) is 0 Å². The molecule has 8 heteroatoms. The number of nitrogens with two attached hydrogens (primary N) is 1. The molecule has 0 saturated carbocycles. The molecule has 2 heterocycles. The van der Waals surface area contributed by atoms with Crippen LogP contribution in [0.15, 0.2) is 60.7 Å². The Morgan fingerprint density at radius 2 is 1.83 bits per heavy atom. The summed E-state index contributed by atoms with van der Waals surface area (Å²) in [6.07, 6.45) is -1.15. The molecule has 1 amide bonds. The molecule has 4 aromatic rings. The van der Waals surface area contributed by atoms with Crippen molar-refractivity contribution in [3.63, 3.8) is 0 Å². The van der Waals surface area contributed by atoms with Gasteiger partial charge in [-0.25, -0.2) is 9.48 Å². The van der Waals surface area contributed by atoms with Gasteiger partial charge in [0.1, 0.15) is 9.71 Å². The van der Waals surface area contributed by atoms with Gasteiger partial charge in [0, 0.05) is 16.0 Å². The van der Waals surface area contributed by atoms with Gasteiger partial charge in [-0.05, 0) is 37.3 Å². The molecule has 2 aromatic heterocycles. The minimum atomic E-state index is -1.15. The first-order valence-corrected chi connectivity index (χ1v) is 9.94. The number of hydrogen-bond donors (Lipinski definition) is 1. The molecule has 0 aliphatic rings. The minimum absolute atomic E-state index is 0.366. The summed E-state index contributed by atoms with van der Waals surface area (Å²) in [5, 5.41) is 6.01. The molecule has 0 saturated heterocycles. The van der Waals surface area contributed by atoms with Crippen LogP contribution in [-0.4, -0.2) is 21.7 Å². The number of amides is 1. The summed E-state index contributed by atoms with van der Waals surface area (Å²) in [5.74, 6) is -1.34. The van der Waals surface area contributed by atoms with Crippen LogP contribution in [0, 0.1) is 6.92 Å². The van der Waals surface area contributed by atoms with Gasteiger partial charge in [0.25, 0.3) is 5.91 Å². The van der Waals surface area contributed by atoms with Crippen molar-refractivity contribution >= 4 is 45.0 Å². The number of hydrogen-bond acceptors (Lipinski definition) is 5. The molecule has 146 valence electrons. The number of ether oxygens (including phenoxy) is 1. The van der Waals surface area contributed by atoms with Crippen LogP contribution in [0.2, 0.25) is 5.02 Å². The second kappa shape index (κ2) is 7.69. The Bertz CT molecular complexity index is 1200. The second-order valence-electron chi connectivity index (χ2n) is 6.40. The van der Waals surface area contributed by atoms with E-state index in [9.17, 15) is 9.59 Å². The first-order chi connectivity index (χ1) is 13.9. The molecule has 29 heavy (non-hydrogen) atoms. The predicted molar refractivity (Wildman–Crippen MR) is 112 cm³/mol. The number of aryl methyl sites for hydroxylation is 1. The van der Waals surface area contributed by atoms with E-state index >= 15 is 0 Å². The van der Waals surface area contributed by atoms with Gasteiger partial charge >= 0.3 is 5.97 Å². The quantitative estimate of drug-likeness (QED) is 0.479. The number of thiophene rings is 1. The largest absolute Gasteiger partial charge is 0.443 e. The molecule has 0 aliphatic carbocycles. The van der Waals surface area contributed by atoms with Gasteiger partial charge in [0.05, 0.1) is 11.4 Å². The summed E-state index contributed by atoms with van der Waals surface area (Å²) < 4.78 is 7.19. The molecule has 2 aromatic carbocycles. The standard InChI is InChI=1S/C21H16ClN3O3S/c1-12-16-11-17(21(27)28-18(19(23)26)13-5-3-2-4-6-13)29-20(16)25(24-12)15-9-7-14(22)8-10-15/h2-11,18H,1H3,(H2,23,26). The van der Waals surface area contributed by atoms with E-state index in [1.807, 2.05) is 19.1 Å². The predicted octanol–water partition coefficient (Wildman–Crippen LogP) is 4.43. The maximum Gasteiger partial charge on any atom is 0.349 e. The van der Waals surface area contributed by atoms with E-state index in [1.165, 1.54) is 11.3 Å². The molecular weight excluding hydrogens is 410 g/mol. The van der Waals surface area contributed by atoms with Crippen LogP contribution in [0.5, 0.6) is 0 Å². The van der Waals surface area contributed by atoms with Crippen LogP contribution >= 0.6 is 22.9 Å². The zero-order chi connectivity index (χ0) is 20.5. The van der Waals surface area contributed by atoms with E-state index in [4.69, 9.17) is 22.1 Å². The highest BCUT2D eigenvalue weighted by atomic mass is 35.5. The molecular formula is C21H16ClN3O3S. The molecule has 0 radical (unpaired) electrons. The number of nitrogens with zero attached hydrogens (tertiary/aromatic N) is 2. The summed E-state index contributed by atoms with van der Waals surface area (Å²) in [7, 11) is 0. The third-order valence-corrected chi connectivity index (χ3v) is 5.75. The minimum Gasteiger partial charge on any atom is -0.443 e. The first-order valence-electron chi connectivity index (χ1n) is 8.74. The van der Waals surface area contributed by atoms with Gasteiger partial charge in [-0.15, -0.1) is 11.3 Å². The van der Waals surface area contributed by atoms with Crippen LogP contribution in [0.3, 0.4) is 0 Å². The lowest BCUT2D eigenvalue weighted by Gasteiger charge is -2.14. The van der Waals surface area contributed by atoms with Gasteiger partial charge in [-0.3, -0.25) is 4.79 Å². The number of esters is 1.